The standard InChI is InChI=1S/C17H13F3N2O2/c1-11(13-6-8-15(9-7-13)24-17(18,19)20)22-16(23)14-4-2-12(10-21)3-5-14/h2-9,11H,1H3,(H,22,23)/t11-/m1/s1. The van der Waals surface area contributed by atoms with Crippen molar-refractivity contribution in [3.63, 3.8) is 0 Å². The first kappa shape index (κ1) is 17.3. The second kappa shape index (κ2) is 7.04. The zero-order valence-electron chi connectivity index (χ0n) is 12.6. The molecule has 0 spiro atoms. The average molecular weight is 334 g/mol. The lowest BCUT2D eigenvalue weighted by atomic mass is 10.1. The summed E-state index contributed by atoms with van der Waals surface area (Å²) < 4.78 is 40.1. The predicted molar refractivity (Wildman–Crippen MR) is 80.2 cm³/mol. The summed E-state index contributed by atoms with van der Waals surface area (Å²) in [6.45, 7) is 1.71. The van der Waals surface area contributed by atoms with Crippen molar-refractivity contribution in [2.45, 2.75) is 19.3 Å². The van der Waals surface area contributed by atoms with E-state index in [4.69, 9.17) is 5.26 Å². The van der Waals surface area contributed by atoms with Crippen LogP contribution in [0.5, 0.6) is 5.75 Å². The van der Waals surface area contributed by atoms with Crippen LogP contribution in [0.25, 0.3) is 0 Å². The molecule has 0 radical (unpaired) electrons. The molecule has 4 nitrogen and oxygen atoms in total. The van der Waals surface area contributed by atoms with Gasteiger partial charge < -0.3 is 10.1 Å². The molecule has 0 aliphatic rings. The highest BCUT2D eigenvalue weighted by atomic mass is 19.4. The summed E-state index contributed by atoms with van der Waals surface area (Å²) in [5.74, 6) is -0.667. The molecule has 0 bridgehead atoms. The van der Waals surface area contributed by atoms with Gasteiger partial charge in [-0.05, 0) is 48.9 Å². The number of carbonyl (C=O) groups is 1. The Hall–Kier alpha value is -3.01. The minimum atomic E-state index is -4.74. The van der Waals surface area contributed by atoms with E-state index in [9.17, 15) is 18.0 Å². The molecule has 0 fully saturated rings. The normalized spacial score (nSPS) is 12.1. The van der Waals surface area contributed by atoms with Crippen LogP contribution in [0, 0.1) is 11.3 Å². The van der Waals surface area contributed by atoms with Crippen molar-refractivity contribution in [1.82, 2.24) is 5.32 Å². The van der Waals surface area contributed by atoms with Crippen LogP contribution in [-0.4, -0.2) is 12.3 Å². The van der Waals surface area contributed by atoms with Crippen LogP contribution >= 0.6 is 0 Å². The molecule has 0 saturated heterocycles. The van der Waals surface area contributed by atoms with Crippen LogP contribution < -0.4 is 10.1 Å². The summed E-state index contributed by atoms with van der Waals surface area (Å²) in [4.78, 5) is 12.1. The molecule has 1 N–H and O–H groups in total. The highest BCUT2D eigenvalue weighted by molar-refractivity contribution is 5.94. The Morgan fingerprint density at radius 2 is 1.71 bits per heavy atom. The van der Waals surface area contributed by atoms with Crippen LogP contribution in [0.4, 0.5) is 13.2 Å². The molecule has 124 valence electrons. The number of halogens is 3. The van der Waals surface area contributed by atoms with Gasteiger partial charge in [-0.1, -0.05) is 12.1 Å². The van der Waals surface area contributed by atoms with Gasteiger partial charge in [0, 0.05) is 5.56 Å². The van der Waals surface area contributed by atoms with E-state index in [0.717, 1.165) is 0 Å². The molecule has 2 aromatic rings. The highest BCUT2D eigenvalue weighted by Crippen LogP contribution is 2.24. The molecule has 0 saturated carbocycles. The van der Waals surface area contributed by atoms with Crippen molar-refractivity contribution >= 4 is 5.91 Å². The number of benzene rings is 2. The summed E-state index contributed by atoms with van der Waals surface area (Å²) in [6, 6.07) is 12.9. The molecule has 0 aliphatic carbocycles. The smallest absolute Gasteiger partial charge is 0.406 e. The van der Waals surface area contributed by atoms with Gasteiger partial charge in [0.15, 0.2) is 0 Å². The molecule has 0 heterocycles. The van der Waals surface area contributed by atoms with E-state index < -0.39 is 12.4 Å². The van der Waals surface area contributed by atoms with Crippen LogP contribution in [0.2, 0.25) is 0 Å². The Kier molecular flexibility index (Phi) is 5.09. The molecule has 1 amide bonds. The Bertz CT molecular complexity index is 747. The number of hydrogen-bond acceptors (Lipinski definition) is 3. The first-order valence-corrected chi connectivity index (χ1v) is 6.95. The number of carbonyl (C=O) groups excluding carboxylic acids is 1. The lowest BCUT2D eigenvalue weighted by Gasteiger charge is -2.15. The molecule has 0 aromatic heterocycles. The molecule has 0 aliphatic heterocycles. The van der Waals surface area contributed by atoms with Crippen LogP contribution in [0.15, 0.2) is 48.5 Å². The largest absolute Gasteiger partial charge is 0.573 e. The molecule has 2 rings (SSSR count). The van der Waals surface area contributed by atoms with Gasteiger partial charge in [-0.2, -0.15) is 5.26 Å². The summed E-state index contributed by atoms with van der Waals surface area (Å²) in [5, 5.41) is 11.5. The van der Waals surface area contributed by atoms with Crippen molar-refractivity contribution < 1.29 is 22.7 Å². The number of nitriles is 1. The number of nitrogens with zero attached hydrogens (tertiary/aromatic N) is 1. The van der Waals surface area contributed by atoms with E-state index in [1.165, 1.54) is 48.5 Å². The zero-order valence-corrected chi connectivity index (χ0v) is 12.6. The van der Waals surface area contributed by atoms with E-state index in [1.54, 1.807) is 6.92 Å². The topological polar surface area (TPSA) is 62.1 Å². The quantitative estimate of drug-likeness (QED) is 0.921. The number of amides is 1. The maximum Gasteiger partial charge on any atom is 0.573 e. The molecule has 1 atom stereocenters. The fraction of sp³-hybridized carbons (Fsp3) is 0.176. The zero-order chi connectivity index (χ0) is 17.7. The van der Waals surface area contributed by atoms with Crippen LogP contribution in [0.1, 0.15) is 34.5 Å². The molecular weight excluding hydrogens is 321 g/mol. The first-order chi connectivity index (χ1) is 11.3. The Labute approximate surface area is 136 Å². The van der Waals surface area contributed by atoms with E-state index in [0.29, 0.717) is 16.7 Å². The van der Waals surface area contributed by atoms with E-state index in [-0.39, 0.29) is 11.7 Å². The molecule has 24 heavy (non-hydrogen) atoms. The minimum Gasteiger partial charge on any atom is -0.406 e. The number of alkyl halides is 3. The maximum absolute atomic E-state index is 12.1. The van der Waals surface area contributed by atoms with Gasteiger partial charge in [0.25, 0.3) is 5.91 Å². The summed E-state index contributed by atoms with van der Waals surface area (Å²) in [6.07, 6.45) is -4.74. The number of ether oxygens (including phenoxy) is 1. The van der Waals surface area contributed by atoms with E-state index in [2.05, 4.69) is 10.1 Å². The first-order valence-electron chi connectivity index (χ1n) is 6.95. The highest BCUT2D eigenvalue weighted by Gasteiger charge is 2.31. The lowest BCUT2D eigenvalue weighted by Crippen LogP contribution is -2.26. The maximum atomic E-state index is 12.1. The summed E-state index contributed by atoms with van der Waals surface area (Å²) >= 11 is 0. The average Bonchev–Trinajstić information content (AvgIpc) is 2.54. The number of rotatable bonds is 4. The van der Waals surface area contributed by atoms with Crippen LogP contribution in [-0.2, 0) is 0 Å². The third-order valence-electron chi connectivity index (χ3n) is 3.24. The number of hydrogen-bond donors (Lipinski definition) is 1. The van der Waals surface area contributed by atoms with Gasteiger partial charge in [0.05, 0.1) is 17.7 Å². The second-order valence-electron chi connectivity index (χ2n) is 5.00. The predicted octanol–water partition coefficient (Wildman–Crippen LogP) is 3.95. The van der Waals surface area contributed by atoms with Crippen molar-refractivity contribution in [2.75, 3.05) is 0 Å². The van der Waals surface area contributed by atoms with Gasteiger partial charge in [-0.3, -0.25) is 4.79 Å². The summed E-state index contributed by atoms with van der Waals surface area (Å²) in [5.41, 5.74) is 1.46. The van der Waals surface area contributed by atoms with Crippen molar-refractivity contribution in [2.24, 2.45) is 0 Å². The second-order valence-corrected chi connectivity index (χ2v) is 5.00. The van der Waals surface area contributed by atoms with Crippen molar-refractivity contribution in [1.29, 1.82) is 5.26 Å². The molecule has 7 heteroatoms. The van der Waals surface area contributed by atoms with Gasteiger partial charge in [-0.25, -0.2) is 0 Å². The Balaban J connectivity index is 2.02. The Morgan fingerprint density at radius 3 is 2.21 bits per heavy atom. The van der Waals surface area contributed by atoms with Crippen LogP contribution in [0.3, 0.4) is 0 Å². The molecule has 0 unspecified atom stereocenters. The third-order valence-corrected chi connectivity index (χ3v) is 3.24. The Morgan fingerprint density at radius 1 is 1.12 bits per heavy atom. The van der Waals surface area contributed by atoms with E-state index >= 15 is 0 Å². The monoisotopic (exact) mass is 334 g/mol. The SMILES string of the molecule is C[C@@H](NC(=O)c1ccc(C#N)cc1)c1ccc(OC(F)(F)F)cc1. The summed E-state index contributed by atoms with van der Waals surface area (Å²) in [7, 11) is 0. The lowest BCUT2D eigenvalue weighted by molar-refractivity contribution is -0.274. The fourth-order valence-electron chi connectivity index (χ4n) is 2.02. The van der Waals surface area contributed by atoms with Crippen molar-refractivity contribution in [3.05, 3.63) is 65.2 Å². The van der Waals surface area contributed by atoms with Gasteiger partial charge >= 0.3 is 6.36 Å². The fourth-order valence-corrected chi connectivity index (χ4v) is 2.02. The van der Waals surface area contributed by atoms with Gasteiger partial charge in [0.1, 0.15) is 5.75 Å². The molecular formula is C17H13F3N2O2. The third kappa shape index (κ3) is 4.74. The van der Waals surface area contributed by atoms with Gasteiger partial charge in [-0.15, -0.1) is 13.2 Å². The van der Waals surface area contributed by atoms with Crippen molar-refractivity contribution in [3.8, 4) is 11.8 Å². The molecule has 2 aromatic carbocycles. The minimum absolute atomic E-state index is 0.322. The van der Waals surface area contributed by atoms with Gasteiger partial charge in [0.2, 0.25) is 0 Å². The van der Waals surface area contributed by atoms with E-state index in [1.807, 2.05) is 6.07 Å². The number of nitrogens with one attached hydrogen (secondary N) is 1.